The average molecular weight is 382 g/mol. The van der Waals surface area contributed by atoms with Gasteiger partial charge in [0.05, 0.1) is 5.69 Å². The fourth-order valence-corrected chi connectivity index (χ4v) is 3.01. The fourth-order valence-electron chi connectivity index (χ4n) is 3.01. The van der Waals surface area contributed by atoms with E-state index in [1.165, 1.54) is 5.56 Å². The maximum atomic E-state index is 4.42. The van der Waals surface area contributed by atoms with Crippen LogP contribution in [0.4, 0.5) is 23.1 Å². The lowest BCUT2D eigenvalue weighted by Gasteiger charge is -2.10. The lowest BCUT2D eigenvalue weighted by molar-refractivity contribution is 1.04. The Labute approximate surface area is 170 Å². The molecule has 0 saturated heterocycles. The van der Waals surface area contributed by atoms with Crippen molar-refractivity contribution in [1.29, 1.82) is 0 Å². The molecule has 0 aliphatic carbocycles. The van der Waals surface area contributed by atoms with Gasteiger partial charge in [0.25, 0.3) is 0 Å². The SMILES string of the molecule is Cc1ccc(-c2ccc(Nc3cccc(Nc4nc(C)cc(C)n4)c3)nn2)cc1. The average Bonchev–Trinajstić information content (AvgIpc) is 2.69. The summed E-state index contributed by atoms with van der Waals surface area (Å²) in [6, 6.07) is 22.0. The molecule has 0 atom stereocenters. The molecule has 0 spiro atoms. The molecule has 0 saturated carbocycles. The normalized spacial score (nSPS) is 10.6. The number of aryl methyl sites for hydroxylation is 3. The Hall–Kier alpha value is -3.80. The smallest absolute Gasteiger partial charge is 0.227 e. The van der Waals surface area contributed by atoms with Gasteiger partial charge in [-0.25, -0.2) is 9.97 Å². The van der Waals surface area contributed by atoms with Crippen molar-refractivity contribution < 1.29 is 0 Å². The van der Waals surface area contributed by atoms with Crippen LogP contribution in [0.3, 0.4) is 0 Å². The van der Waals surface area contributed by atoms with Crippen LogP contribution in [0.5, 0.6) is 0 Å². The highest BCUT2D eigenvalue weighted by atomic mass is 15.2. The third kappa shape index (κ3) is 4.73. The van der Waals surface area contributed by atoms with Crippen molar-refractivity contribution in [2.24, 2.45) is 0 Å². The molecule has 0 fully saturated rings. The first-order valence-electron chi connectivity index (χ1n) is 9.42. The van der Waals surface area contributed by atoms with Crippen LogP contribution in [0, 0.1) is 20.8 Å². The first-order valence-corrected chi connectivity index (χ1v) is 9.42. The van der Waals surface area contributed by atoms with Crippen molar-refractivity contribution >= 4 is 23.1 Å². The van der Waals surface area contributed by atoms with Gasteiger partial charge in [-0.1, -0.05) is 35.9 Å². The molecule has 2 aromatic carbocycles. The third-order valence-electron chi connectivity index (χ3n) is 4.39. The van der Waals surface area contributed by atoms with E-state index in [4.69, 9.17) is 0 Å². The zero-order valence-electron chi connectivity index (χ0n) is 16.6. The fraction of sp³-hybridized carbons (Fsp3) is 0.130. The van der Waals surface area contributed by atoms with Crippen molar-refractivity contribution in [3.63, 3.8) is 0 Å². The summed E-state index contributed by atoms with van der Waals surface area (Å²) in [5.74, 6) is 1.27. The van der Waals surface area contributed by atoms with Gasteiger partial charge in [-0.2, -0.15) is 0 Å². The summed E-state index contributed by atoms with van der Waals surface area (Å²) in [4.78, 5) is 8.84. The Kier molecular flexibility index (Phi) is 5.16. The molecular formula is C23H22N6. The molecule has 6 heteroatoms. The van der Waals surface area contributed by atoms with E-state index >= 15 is 0 Å². The van der Waals surface area contributed by atoms with E-state index in [0.717, 1.165) is 34.0 Å². The predicted molar refractivity (Wildman–Crippen MR) is 117 cm³/mol. The van der Waals surface area contributed by atoms with Crippen molar-refractivity contribution in [3.05, 3.63) is 83.7 Å². The lowest BCUT2D eigenvalue weighted by Crippen LogP contribution is -2.01. The number of benzene rings is 2. The standard InChI is InChI=1S/C23H22N6/c1-15-7-9-18(10-8-15)21-11-12-22(29-28-21)26-19-5-4-6-20(14-19)27-23-24-16(2)13-17(3)25-23/h4-14H,1-3H3,(H,26,29)(H,24,25,27). The molecule has 0 bridgehead atoms. The van der Waals surface area contributed by atoms with Crippen LogP contribution < -0.4 is 10.6 Å². The zero-order valence-corrected chi connectivity index (χ0v) is 16.6. The lowest BCUT2D eigenvalue weighted by atomic mass is 10.1. The highest BCUT2D eigenvalue weighted by Gasteiger charge is 2.04. The summed E-state index contributed by atoms with van der Waals surface area (Å²) in [7, 11) is 0. The van der Waals surface area contributed by atoms with Crippen LogP contribution in [0.2, 0.25) is 0 Å². The highest BCUT2D eigenvalue weighted by molar-refractivity contribution is 5.66. The first-order chi connectivity index (χ1) is 14.0. The molecule has 0 radical (unpaired) electrons. The summed E-state index contributed by atoms with van der Waals surface area (Å²) in [6.45, 7) is 5.98. The van der Waals surface area contributed by atoms with E-state index < -0.39 is 0 Å². The Morgan fingerprint density at radius 1 is 0.655 bits per heavy atom. The summed E-state index contributed by atoms with van der Waals surface area (Å²) < 4.78 is 0. The summed E-state index contributed by atoms with van der Waals surface area (Å²) in [5, 5.41) is 15.2. The summed E-state index contributed by atoms with van der Waals surface area (Å²) in [6.07, 6.45) is 0. The zero-order chi connectivity index (χ0) is 20.2. The van der Waals surface area contributed by atoms with Crippen LogP contribution in [0.25, 0.3) is 11.3 Å². The molecule has 2 heterocycles. The van der Waals surface area contributed by atoms with Crippen molar-refractivity contribution in [2.75, 3.05) is 10.6 Å². The number of anilines is 4. The van der Waals surface area contributed by atoms with Gasteiger partial charge in [-0.3, -0.25) is 0 Å². The maximum absolute atomic E-state index is 4.42. The molecule has 4 rings (SSSR count). The van der Waals surface area contributed by atoms with Crippen LogP contribution in [0.15, 0.2) is 66.7 Å². The van der Waals surface area contributed by atoms with Gasteiger partial charge in [-0.05, 0) is 57.2 Å². The second-order valence-electron chi connectivity index (χ2n) is 6.97. The Balaban J connectivity index is 1.48. The maximum Gasteiger partial charge on any atom is 0.227 e. The molecule has 0 aliphatic heterocycles. The van der Waals surface area contributed by atoms with Gasteiger partial charge in [0.1, 0.15) is 0 Å². The quantitative estimate of drug-likeness (QED) is 0.485. The van der Waals surface area contributed by atoms with Gasteiger partial charge in [0, 0.05) is 28.3 Å². The molecular weight excluding hydrogens is 360 g/mol. The van der Waals surface area contributed by atoms with Crippen LogP contribution >= 0.6 is 0 Å². The van der Waals surface area contributed by atoms with Crippen molar-refractivity contribution in [1.82, 2.24) is 20.2 Å². The van der Waals surface area contributed by atoms with E-state index in [2.05, 4.69) is 62.0 Å². The van der Waals surface area contributed by atoms with E-state index in [1.54, 1.807) is 0 Å². The number of rotatable bonds is 5. The minimum atomic E-state index is 0.585. The van der Waals surface area contributed by atoms with E-state index in [9.17, 15) is 0 Å². The summed E-state index contributed by atoms with van der Waals surface area (Å²) in [5.41, 5.74) is 6.77. The minimum Gasteiger partial charge on any atom is -0.339 e. The predicted octanol–water partition coefficient (Wildman–Crippen LogP) is 5.35. The van der Waals surface area contributed by atoms with Gasteiger partial charge < -0.3 is 10.6 Å². The minimum absolute atomic E-state index is 0.585. The van der Waals surface area contributed by atoms with Crippen molar-refractivity contribution in [3.8, 4) is 11.3 Å². The van der Waals surface area contributed by atoms with Crippen molar-refractivity contribution in [2.45, 2.75) is 20.8 Å². The summed E-state index contributed by atoms with van der Waals surface area (Å²) >= 11 is 0. The Bertz CT molecular complexity index is 1100. The second-order valence-corrected chi connectivity index (χ2v) is 6.97. The van der Waals surface area contributed by atoms with Gasteiger partial charge in [-0.15, -0.1) is 10.2 Å². The second kappa shape index (κ2) is 8.06. The number of hydrogen-bond acceptors (Lipinski definition) is 6. The molecule has 144 valence electrons. The molecule has 4 aromatic rings. The monoisotopic (exact) mass is 382 g/mol. The van der Waals surface area contributed by atoms with Crippen LogP contribution in [-0.4, -0.2) is 20.2 Å². The van der Waals surface area contributed by atoms with Crippen LogP contribution in [-0.2, 0) is 0 Å². The molecule has 0 aliphatic rings. The van der Waals surface area contributed by atoms with E-state index in [-0.39, 0.29) is 0 Å². The number of nitrogens with zero attached hydrogens (tertiary/aromatic N) is 4. The first kappa shape index (κ1) is 18.6. The third-order valence-corrected chi connectivity index (χ3v) is 4.39. The van der Waals surface area contributed by atoms with E-state index in [0.29, 0.717) is 11.8 Å². The van der Waals surface area contributed by atoms with Gasteiger partial charge in [0.15, 0.2) is 5.82 Å². The molecule has 2 aromatic heterocycles. The number of nitrogens with one attached hydrogen (secondary N) is 2. The Morgan fingerprint density at radius 2 is 1.34 bits per heavy atom. The number of hydrogen-bond donors (Lipinski definition) is 2. The number of aromatic nitrogens is 4. The molecule has 2 N–H and O–H groups in total. The largest absolute Gasteiger partial charge is 0.339 e. The molecule has 0 amide bonds. The molecule has 29 heavy (non-hydrogen) atoms. The Morgan fingerprint density at radius 3 is 2.00 bits per heavy atom. The van der Waals surface area contributed by atoms with Gasteiger partial charge in [0.2, 0.25) is 5.95 Å². The van der Waals surface area contributed by atoms with Crippen LogP contribution in [0.1, 0.15) is 17.0 Å². The molecule has 6 nitrogen and oxygen atoms in total. The van der Waals surface area contributed by atoms with Gasteiger partial charge >= 0.3 is 0 Å². The highest BCUT2D eigenvalue weighted by Crippen LogP contribution is 2.22. The topological polar surface area (TPSA) is 75.6 Å². The molecule has 0 unspecified atom stereocenters. The van der Waals surface area contributed by atoms with E-state index in [1.807, 2.05) is 56.3 Å².